The number of hydrogen-bond acceptors (Lipinski definition) is 1. The van der Waals surface area contributed by atoms with E-state index in [0.717, 1.165) is 17.9 Å². The molecular formula is C25H39ClO2. The van der Waals surface area contributed by atoms with E-state index in [9.17, 15) is 4.79 Å². The fourth-order valence-corrected chi connectivity index (χ4v) is 3.75. The van der Waals surface area contributed by atoms with Gasteiger partial charge in [-0.25, -0.2) is 0 Å². The predicted octanol–water partition coefficient (Wildman–Crippen LogP) is 8.54. The zero-order chi connectivity index (χ0) is 21.0. The van der Waals surface area contributed by atoms with Crippen molar-refractivity contribution in [3.05, 3.63) is 40.4 Å². The molecule has 0 unspecified atom stereocenters. The van der Waals surface area contributed by atoms with E-state index in [1.807, 2.05) is 12.1 Å². The Morgan fingerprint density at radius 1 is 1.04 bits per heavy atom. The van der Waals surface area contributed by atoms with Crippen LogP contribution in [0, 0.1) is 5.41 Å². The molecule has 0 amide bonds. The maximum atomic E-state index is 10.1. The fourth-order valence-electron chi connectivity index (χ4n) is 3.63. The molecule has 28 heavy (non-hydrogen) atoms. The van der Waals surface area contributed by atoms with Crippen molar-refractivity contribution in [1.29, 1.82) is 0 Å². The van der Waals surface area contributed by atoms with Gasteiger partial charge >= 0.3 is 5.97 Å². The number of allylic oxidation sites excluding steroid dienone is 2. The van der Waals surface area contributed by atoms with Crippen molar-refractivity contribution in [1.82, 2.24) is 0 Å². The van der Waals surface area contributed by atoms with Crippen LogP contribution in [-0.2, 0) is 4.79 Å². The van der Waals surface area contributed by atoms with E-state index in [1.165, 1.54) is 62.5 Å². The summed E-state index contributed by atoms with van der Waals surface area (Å²) in [5, 5.41) is 9.17. The zero-order valence-electron chi connectivity index (χ0n) is 18.3. The molecule has 0 saturated carbocycles. The van der Waals surface area contributed by atoms with Gasteiger partial charge in [-0.1, -0.05) is 88.6 Å². The first-order valence-electron chi connectivity index (χ1n) is 10.9. The van der Waals surface area contributed by atoms with Crippen molar-refractivity contribution >= 4 is 23.1 Å². The van der Waals surface area contributed by atoms with Crippen LogP contribution in [0.1, 0.15) is 104 Å². The molecule has 1 aliphatic rings. The molecule has 2 nitrogen and oxygen atoms in total. The lowest BCUT2D eigenvalue weighted by molar-refractivity contribution is -0.137. The number of carbonyl (C=O) groups is 1. The lowest BCUT2D eigenvalue weighted by Crippen LogP contribution is -2.17. The molecule has 1 aliphatic carbocycles. The minimum absolute atomic E-state index is 0.341. The standard InChI is InChI=1S/C15H19Cl.C10H20O2/c1-11-8-9-15(2,3)10-14(11)12-4-6-13(16)7-5-12;1-2-3-4-5-6-7-8-9-10(11)12/h4-7H,8-10H2,1-3H3;2-9H2,1H3,(H,11,12). The number of rotatable bonds is 9. The lowest BCUT2D eigenvalue weighted by Gasteiger charge is -2.32. The van der Waals surface area contributed by atoms with Gasteiger partial charge in [0.1, 0.15) is 0 Å². The Hall–Kier alpha value is -1.28. The predicted molar refractivity (Wildman–Crippen MR) is 122 cm³/mol. The third kappa shape index (κ3) is 10.3. The third-order valence-electron chi connectivity index (χ3n) is 5.53. The first kappa shape index (κ1) is 24.8. The third-order valence-corrected chi connectivity index (χ3v) is 5.79. The van der Waals surface area contributed by atoms with Crippen LogP contribution in [0.15, 0.2) is 29.8 Å². The second kappa shape index (κ2) is 13.0. The molecule has 3 heteroatoms. The fraction of sp³-hybridized carbons (Fsp3) is 0.640. The molecule has 2 rings (SSSR count). The monoisotopic (exact) mass is 406 g/mol. The van der Waals surface area contributed by atoms with E-state index >= 15 is 0 Å². The Morgan fingerprint density at radius 3 is 2.18 bits per heavy atom. The van der Waals surface area contributed by atoms with E-state index in [-0.39, 0.29) is 0 Å². The highest BCUT2D eigenvalue weighted by molar-refractivity contribution is 6.30. The molecule has 0 saturated heterocycles. The van der Waals surface area contributed by atoms with Crippen molar-refractivity contribution in [2.24, 2.45) is 5.41 Å². The molecule has 0 heterocycles. The number of unbranched alkanes of at least 4 members (excludes halogenated alkanes) is 6. The van der Waals surface area contributed by atoms with E-state index < -0.39 is 5.97 Å². The first-order chi connectivity index (χ1) is 13.2. The lowest BCUT2D eigenvalue weighted by atomic mass is 9.73. The average Bonchev–Trinajstić information content (AvgIpc) is 2.64. The van der Waals surface area contributed by atoms with Crippen LogP contribution in [0.25, 0.3) is 5.57 Å². The summed E-state index contributed by atoms with van der Waals surface area (Å²) in [7, 11) is 0. The Labute approximate surface area is 177 Å². The summed E-state index contributed by atoms with van der Waals surface area (Å²) in [5.74, 6) is -0.663. The zero-order valence-corrected chi connectivity index (χ0v) is 19.1. The summed E-state index contributed by atoms with van der Waals surface area (Å²) in [6.45, 7) is 9.17. The molecule has 0 radical (unpaired) electrons. The molecule has 0 spiro atoms. The molecule has 158 valence electrons. The summed E-state index contributed by atoms with van der Waals surface area (Å²) in [6, 6.07) is 8.25. The van der Waals surface area contributed by atoms with Gasteiger partial charge < -0.3 is 5.11 Å². The molecule has 1 aromatic carbocycles. The van der Waals surface area contributed by atoms with Gasteiger partial charge in [-0.15, -0.1) is 0 Å². The van der Waals surface area contributed by atoms with Gasteiger partial charge in [0.15, 0.2) is 0 Å². The summed E-state index contributed by atoms with van der Waals surface area (Å²) >= 11 is 5.93. The highest BCUT2D eigenvalue weighted by atomic mass is 35.5. The average molecular weight is 407 g/mol. The van der Waals surface area contributed by atoms with Crippen LogP contribution in [0.5, 0.6) is 0 Å². The van der Waals surface area contributed by atoms with Crippen molar-refractivity contribution in [3.8, 4) is 0 Å². The molecule has 0 bridgehead atoms. The quantitative estimate of drug-likeness (QED) is 0.417. The Kier molecular flexibility index (Phi) is 11.5. The maximum Gasteiger partial charge on any atom is 0.303 e. The minimum atomic E-state index is -0.663. The van der Waals surface area contributed by atoms with Crippen molar-refractivity contribution in [2.75, 3.05) is 0 Å². The first-order valence-corrected chi connectivity index (χ1v) is 11.3. The van der Waals surface area contributed by atoms with Gasteiger partial charge in [-0.3, -0.25) is 4.79 Å². The van der Waals surface area contributed by atoms with Crippen LogP contribution in [0.2, 0.25) is 5.02 Å². The Bertz CT molecular complexity index is 614. The van der Waals surface area contributed by atoms with Crippen LogP contribution >= 0.6 is 11.6 Å². The van der Waals surface area contributed by atoms with Crippen LogP contribution in [0.4, 0.5) is 0 Å². The van der Waals surface area contributed by atoms with Crippen LogP contribution < -0.4 is 0 Å². The van der Waals surface area contributed by atoms with E-state index in [4.69, 9.17) is 16.7 Å². The molecular weight excluding hydrogens is 368 g/mol. The number of carboxylic acids is 1. The van der Waals surface area contributed by atoms with Gasteiger partial charge in [0.2, 0.25) is 0 Å². The summed E-state index contributed by atoms with van der Waals surface area (Å²) in [5.41, 5.74) is 4.85. The van der Waals surface area contributed by atoms with Gasteiger partial charge in [-0.2, -0.15) is 0 Å². The highest BCUT2D eigenvalue weighted by Crippen LogP contribution is 2.42. The van der Waals surface area contributed by atoms with Crippen molar-refractivity contribution < 1.29 is 9.90 Å². The Morgan fingerprint density at radius 2 is 1.61 bits per heavy atom. The second-order valence-electron chi connectivity index (χ2n) is 8.87. The van der Waals surface area contributed by atoms with E-state index in [1.54, 1.807) is 5.57 Å². The Balaban J connectivity index is 0.000000295. The number of halogens is 1. The number of carboxylic acid groups (broad SMARTS) is 1. The normalized spacial score (nSPS) is 15.8. The SMILES string of the molecule is CC1=C(c2ccc(Cl)cc2)CC(C)(C)CC1.CCCCCCCCCC(=O)O. The molecule has 1 aromatic rings. The minimum Gasteiger partial charge on any atom is -0.481 e. The van der Waals surface area contributed by atoms with Gasteiger partial charge in [0.25, 0.3) is 0 Å². The largest absolute Gasteiger partial charge is 0.481 e. The highest BCUT2D eigenvalue weighted by Gasteiger charge is 2.25. The van der Waals surface area contributed by atoms with Crippen molar-refractivity contribution in [2.45, 2.75) is 98.3 Å². The van der Waals surface area contributed by atoms with Gasteiger partial charge in [0.05, 0.1) is 0 Å². The van der Waals surface area contributed by atoms with Crippen molar-refractivity contribution in [3.63, 3.8) is 0 Å². The molecule has 1 N–H and O–H groups in total. The van der Waals surface area contributed by atoms with Crippen LogP contribution in [-0.4, -0.2) is 11.1 Å². The van der Waals surface area contributed by atoms with Gasteiger partial charge in [0, 0.05) is 11.4 Å². The summed E-state index contributed by atoms with van der Waals surface area (Å²) in [6.07, 6.45) is 12.4. The molecule has 0 aromatic heterocycles. The number of aliphatic carboxylic acids is 1. The number of benzene rings is 1. The molecule has 0 fully saturated rings. The smallest absolute Gasteiger partial charge is 0.303 e. The summed E-state index contributed by atoms with van der Waals surface area (Å²) < 4.78 is 0. The van der Waals surface area contributed by atoms with Gasteiger partial charge in [-0.05, 0) is 61.3 Å². The molecule has 0 atom stereocenters. The van der Waals surface area contributed by atoms with E-state index in [0.29, 0.717) is 11.8 Å². The number of hydrogen-bond donors (Lipinski definition) is 1. The van der Waals surface area contributed by atoms with E-state index in [2.05, 4.69) is 39.8 Å². The second-order valence-corrected chi connectivity index (χ2v) is 9.31. The molecule has 0 aliphatic heterocycles. The maximum absolute atomic E-state index is 10.1. The topological polar surface area (TPSA) is 37.3 Å². The van der Waals surface area contributed by atoms with Crippen LogP contribution in [0.3, 0.4) is 0 Å². The summed E-state index contributed by atoms with van der Waals surface area (Å²) in [4.78, 5) is 10.1.